The lowest BCUT2D eigenvalue weighted by Gasteiger charge is -2.23. The Morgan fingerprint density at radius 2 is 2.05 bits per heavy atom. The third-order valence-corrected chi connectivity index (χ3v) is 3.47. The molecule has 1 heterocycles. The van der Waals surface area contributed by atoms with Crippen molar-refractivity contribution in [2.45, 2.75) is 25.5 Å². The summed E-state index contributed by atoms with van der Waals surface area (Å²) in [6.07, 6.45) is 2.48. The molecule has 0 spiro atoms. The number of rotatable bonds is 6. The SMILES string of the molecule is CN[C@@H](CN1CCCC1)c1cccc(OC(F)F)c1. The molecule has 2 rings (SSSR count). The number of ether oxygens (including phenoxy) is 1. The zero-order valence-electron chi connectivity index (χ0n) is 11.1. The van der Waals surface area contributed by atoms with E-state index >= 15 is 0 Å². The fraction of sp³-hybridized carbons (Fsp3) is 0.571. The number of benzene rings is 1. The monoisotopic (exact) mass is 270 g/mol. The molecule has 1 aliphatic rings. The van der Waals surface area contributed by atoms with Gasteiger partial charge in [-0.3, -0.25) is 0 Å². The van der Waals surface area contributed by atoms with Crippen molar-refractivity contribution in [1.82, 2.24) is 10.2 Å². The summed E-state index contributed by atoms with van der Waals surface area (Å²) >= 11 is 0. The van der Waals surface area contributed by atoms with Gasteiger partial charge in [0, 0.05) is 12.6 Å². The molecule has 1 aromatic rings. The number of halogens is 2. The van der Waals surface area contributed by atoms with Gasteiger partial charge in [-0.1, -0.05) is 12.1 Å². The van der Waals surface area contributed by atoms with Gasteiger partial charge in [-0.25, -0.2) is 0 Å². The lowest BCUT2D eigenvalue weighted by atomic mass is 10.1. The third kappa shape index (κ3) is 4.14. The van der Waals surface area contributed by atoms with Gasteiger partial charge in [-0.15, -0.1) is 0 Å². The van der Waals surface area contributed by atoms with Crippen LogP contribution in [-0.2, 0) is 0 Å². The maximum atomic E-state index is 12.2. The van der Waals surface area contributed by atoms with Crippen molar-refractivity contribution in [3.63, 3.8) is 0 Å². The number of alkyl halides is 2. The van der Waals surface area contributed by atoms with Crippen molar-refractivity contribution in [2.75, 3.05) is 26.7 Å². The number of hydrogen-bond donors (Lipinski definition) is 1. The van der Waals surface area contributed by atoms with Crippen LogP contribution in [0, 0.1) is 0 Å². The van der Waals surface area contributed by atoms with E-state index in [-0.39, 0.29) is 11.8 Å². The van der Waals surface area contributed by atoms with Gasteiger partial charge in [0.25, 0.3) is 0 Å². The van der Waals surface area contributed by atoms with Crippen LogP contribution in [0.25, 0.3) is 0 Å². The highest BCUT2D eigenvalue weighted by Crippen LogP contribution is 2.22. The van der Waals surface area contributed by atoms with Gasteiger partial charge in [0.2, 0.25) is 0 Å². The van der Waals surface area contributed by atoms with E-state index in [4.69, 9.17) is 0 Å². The topological polar surface area (TPSA) is 24.5 Å². The zero-order chi connectivity index (χ0) is 13.7. The maximum Gasteiger partial charge on any atom is 0.387 e. The van der Waals surface area contributed by atoms with Gasteiger partial charge < -0.3 is 15.0 Å². The number of nitrogens with zero attached hydrogens (tertiary/aromatic N) is 1. The van der Waals surface area contributed by atoms with Crippen LogP contribution in [0.1, 0.15) is 24.4 Å². The molecule has 3 nitrogen and oxygen atoms in total. The molecule has 0 aromatic heterocycles. The van der Waals surface area contributed by atoms with Gasteiger partial charge in [-0.05, 0) is 50.7 Å². The van der Waals surface area contributed by atoms with Gasteiger partial charge in [0.1, 0.15) is 5.75 Å². The normalized spacial score (nSPS) is 17.9. The van der Waals surface area contributed by atoms with Crippen LogP contribution in [0.4, 0.5) is 8.78 Å². The van der Waals surface area contributed by atoms with E-state index in [0.717, 1.165) is 25.2 Å². The predicted octanol–water partition coefficient (Wildman–Crippen LogP) is 2.64. The van der Waals surface area contributed by atoms with Gasteiger partial charge in [0.05, 0.1) is 0 Å². The van der Waals surface area contributed by atoms with Crippen molar-refractivity contribution in [1.29, 1.82) is 0 Å². The Balaban J connectivity index is 2.04. The molecule has 1 saturated heterocycles. The van der Waals surface area contributed by atoms with Crippen molar-refractivity contribution in [3.8, 4) is 5.75 Å². The summed E-state index contributed by atoms with van der Waals surface area (Å²) in [5.74, 6) is 0.217. The van der Waals surface area contributed by atoms with Crippen molar-refractivity contribution in [2.24, 2.45) is 0 Å². The molecular weight excluding hydrogens is 250 g/mol. The molecular formula is C14H20F2N2O. The summed E-state index contributed by atoms with van der Waals surface area (Å²) in [6.45, 7) is 0.354. The first-order valence-corrected chi connectivity index (χ1v) is 6.63. The number of likely N-dealkylation sites (tertiary alicyclic amines) is 1. The summed E-state index contributed by atoms with van der Waals surface area (Å²) in [5, 5.41) is 3.24. The fourth-order valence-electron chi connectivity index (χ4n) is 2.49. The second kappa shape index (κ2) is 6.82. The molecule has 1 aliphatic heterocycles. The lowest BCUT2D eigenvalue weighted by molar-refractivity contribution is -0.0499. The number of hydrogen-bond acceptors (Lipinski definition) is 3. The highest BCUT2D eigenvalue weighted by molar-refractivity contribution is 5.30. The summed E-state index contributed by atoms with van der Waals surface area (Å²) in [6, 6.07) is 7.07. The molecule has 5 heteroatoms. The summed E-state index contributed by atoms with van der Waals surface area (Å²) in [4.78, 5) is 2.39. The minimum absolute atomic E-state index is 0.138. The van der Waals surface area contributed by atoms with E-state index in [9.17, 15) is 8.78 Å². The van der Waals surface area contributed by atoms with Crippen molar-refractivity contribution in [3.05, 3.63) is 29.8 Å². The molecule has 1 fully saturated rings. The third-order valence-electron chi connectivity index (χ3n) is 3.47. The molecule has 106 valence electrons. The van der Waals surface area contributed by atoms with Gasteiger partial charge in [-0.2, -0.15) is 8.78 Å². The predicted molar refractivity (Wildman–Crippen MR) is 70.5 cm³/mol. The standard InChI is InChI=1S/C14H20F2N2O/c1-17-13(10-18-7-2-3-8-18)11-5-4-6-12(9-11)19-14(15)16/h4-6,9,13-14,17H,2-3,7-8,10H2,1H3/t13-/m0/s1. The van der Waals surface area contributed by atoms with Crippen LogP contribution in [0.2, 0.25) is 0 Å². The average molecular weight is 270 g/mol. The van der Waals surface area contributed by atoms with Crippen LogP contribution >= 0.6 is 0 Å². The van der Waals surface area contributed by atoms with Gasteiger partial charge in [0.15, 0.2) is 0 Å². The Labute approximate surface area is 112 Å². The highest BCUT2D eigenvalue weighted by atomic mass is 19.3. The molecule has 0 aliphatic carbocycles. The molecule has 0 radical (unpaired) electrons. The van der Waals surface area contributed by atoms with Crippen LogP contribution in [0.3, 0.4) is 0 Å². The van der Waals surface area contributed by atoms with E-state index < -0.39 is 6.61 Å². The zero-order valence-corrected chi connectivity index (χ0v) is 11.1. The average Bonchev–Trinajstić information content (AvgIpc) is 2.88. The first-order valence-electron chi connectivity index (χ1n) is 6.63. The van der Waals surface area contributed by atoms with E-state index in [2.05, 4.69) is 15.0 Å². The minimum atomic E-state index is -2.78. The summed E-state index contributed by atoms with van der Waals surface area (Å²) in [7, 11) is 1.89. The summed E-state index contributed by atoms with van der Waals surface area (Å²) < 4.78 is 28.9. The number of nitrogens with one attached hydrogen (secondary N) is 1. The summed E-state index contributed by atoms with van der Waals surface area (Å²) in [5.41, 5.74) is 0.979. The Hall–Kier alpha value is -1.20. The van der Waals surface area contributed by atoms with E-state index in [1.807, 2.05) is 13.1 Å². The minimum Gasteiger partial charge on any atom is -0.435 e. The lowest BCUT2D eigenvalue weighted by Crippen LogP contribution is -2.31. The first-order chi connectivity index (χ1) is 9.19. The molecule has 0 saturated carbocycles. The fourth-order valence-corrected chi connectivity index (χ4v) is 2.49. The Kier molecular flexibility index (Phi) is 5.10. The smallest absolute Gasteiger partial charge is 0.387 e. The van der Waals surface area contributed by atoms with Gasteiger partial charge >= 0.3 is 6.61 Å². The van der Waals surface area contributed by atoms with Crippen molar-refractivity contribution >= 4 is 0 Å². The molecule has 1 aromatic carbocycles. The van der Waals surface area contributed by atoms with Crippen molar-refractivity contribution < 1.29 is 13.5 Å². The van der Waals surface area contributed by atoms with E-state index in [1.165, 1.54) is 12.8 Å². The Bertz CT molecular complexity index is 395. The molecule has 1 atom stereocenters. The largest absolute Gasteiger partial charge is 0.435 e. The van der Waals surface area contributed by atoms with E-state index in [0.29, 0.717) is 0 Å². The molecule has 0 amide bonds. The molecule has 1 N–H and O–H groups in total. The molecule has 19 heavy (non-hydrogen) atoms. The molecule has 0 unspecified atom stereocenters. The quantitative estimate of drug-likeness (QED) is 0.860. The molecule has 0 bridgehead atoms. The Morgan fingerprint density at radius 3 is 2.68 bits per heavy atom. The number of likely N-dealkylation sites (N-methyl/N-ethyl adjacent to an activating group) is 1. The first kappa shape index (κ1) is 14.2. The van der Waals surface area contributed by atoms with Crippen LogP contribution in [0.15, 0.2) is 24.3 Å². The van der Waals surface area contributed by atoms with Crippen LogP contribution in [0.5, 0.6) is 5.75 Å². The van der Waals surface area contributed by atoms with E-state index in [1.54, 1.807) is 18.2 Å². The second-order valence-electron chi connectivity index (χ2n) is 4.80. The maximum absolute atomic E-state index is 12.2. The van der Waals surface area contributed by atoms with Crippen LogP contribution in [-0.4, -0.2) is 38.2 Å². The van der Waals surface area contributed by atoms with Crippen LogP contribution < -0.4 is 10.1 Å². The Morgan fingerprint density at radius 1 is 1.32 bits per heavy atom. The highest BCUT2D eigenvalue weighted by Gasteiger charge is 2.18. The second-order valence-corrected chi connectivity index (χ2v) is 4.80.